The smallest absolute Gasteiger partial charge is 0.272 e. The standard InChI is InChI=1S/C47H50ClN11O3/c1-30(60)58-22-17-44-41(29-58)46(39-4-2-3-32-23-35(26-50)51-27-40(32)39)55-59(44)36-15-18-56(19-16-36)28-31-13-20-57(21-14-31)45-12-11-43(53-54-45)47(61)52-34-6-9-37(10-7-34)62-38-8-5-33(25-49)42(48)24-38/h2-5,8,11-12,23-24,27,31,34,36-37H,6-7,9-10,13-22,28-29H2,1H3,(H,52,61). The second-order valence-corrected chi connectivity index (χ2v) is 17.6. The van der Waals surface area contributed by atoms with Crippen LogP contribution in [0.1, 0.15) is 97.3 Å². The maximum Gasteiger partial charge on any atom is 0.272 e. The van der Waals surface area contributed by atoms with Crippen molar-refractivity contribution in [1.82, 2.24) is 40.1 Å². The lowest BCUT2D eigenvalue weighted by Crippen LogP contribution is -2.42. The Bertz CT molecular complexity index is 2540. The molecule has 1 saturated carbocycles. The van der Waals surface area contributed by atoms with Gasteiger partial charge in [0.25, 0.3) is 5.91 Å². The van der Waals surface area contributed by atoms with E-state index < -0.39 is 0 Å². The molecule has 3 aliphatic heterocycles. The van der Waals surface area contributed by atoms with E-state index >= 15 is 0 Å². The molecule has 0 unspecified atom stereocenters. The average Bonchev–Trinajstić information content (AvgIpc) is 3.68. The number of pyridine rings is 1. The molecule has 2 amide bonds. The van der Waals surface area contributed by atoms with Crippen molar-refractivity contribution >= 4 is 40.0 Å². The summed E-state index contributed by atoms with van der Waals surface area (Å²) in [4.78, 5) is 36.8. The van der Waals surface area contributed by atoms with E-state index in [1.807, 2.05) is 29.2 Å². The number of nitrogens with one attached hydrogen (secondary N) is 1. The Balaban J connectivity index is 0.751. The molecule has 3 aromatic heterocycles. The number of rotatable bonds is 9. The van der Waals surface area contributed by atoms with E-state index in [4.69, 9.17) is 26.7 Å². The van der Waals surface area contributed by atoms with Gasteiger partial charge in [0.15, 0.2) is 11.5 Å². The van der Waals surface area contributed by atoms with Gasteiger partial charge in [-0.25, -0.2) is 4.98 Å². The van der Waals surface area contributed by atoms with E-state index in [1.54, 1.807) is 37.4 Å². The highest BCUT2D eigenvalue weighted by atomic mass is 35.5. The minimum atomic E-state index is -0.208. The number of ether oxygens (including phenoxy) is 1. The van der Waals surface area contributed by atoms with Gasteiger partial charge in [0.05, 0.1) is 28.4 Å². The van der Waals surface area contributed by atoms with Gasteiger partial charge < -0.3 is 24.8 Å². The van der Waals surface area contributed by atoms with Gasteiger partial charge in [-0.15, -0.1) is 10.2 Å². The zero-order valence-electron chi connectivity index (χ0n) is 35.0. The lowest BCUT2D eigenvalue weighted by atomic mass is 9.92. The number of nitrogens with zero attached hydrogens (tertiary/aromatic N) is 10. The van der Waals surface area contributed by atoms with Crippen molar-refractivity contribution in [2.24, 2.45) is 5.92 Å². The Kier molecular flexibility index (Phi) is 12.0. The first kappa shape index (κ1) is 41.3. The fourth-order valence-corrected chi connectivity index (χ4v) is 9.99. The molecule has 9 rings (SSSR count). The molecule has 318 valence electrons. The summed E-state index contributed by atoms with van der Waals surface area (Å²) in [7, 11) is 0. The first-order valence-electron chi connectivity index (χ1n) is 21.9. The summed E-state index contributed by atoms with van der Waals surface area (Å²) in [6.45, 7) is 7.79. The van der Waals surface area contributed by atoms with Crippen molar-refractivity contribution < 1.29 is 14.3 Å². The summed E-state index contributed by atoms with van der Waals surface area (Å²) in [5.41, 5.74) is 5.38. The largest absolute Gasteiger partial charge is 0.490 e. The molecule has 62 heavy (non-hydrogen) atoms. The van der Waals surface area contributed by atoms with E-state index in [-0.39, 0.29) is 30.0 Å². The van der Waals surface area contributed by atoms with Crippen LogP contribution in [-0.4, -0.2) is 98.0 Å². The van der Waals surface area contributed by atoms with Gasteiger partial charge in [-0.1, -0.05) is 29.8 Å². The minimum Gasteiger partial charge on any atom is -0.490 e. The van der Waals surface area contributed by atoms with Crippen LogP contribution in [0.15, 0.2) is 60.8 Å². The molecule has 5 aromatic rings. The van der Waals surface area contributed by atoms with Crippen molar-refractivity contribution in [2.75, 3.05) is 44.2 Å². The summed E-state index contributed by atoms with van der Waals surface area (Å²) in [5, 5.41) is 38.1. The molecular formula is C47H50ClN11O3. The van der Waals surface area contributed by atoms with Crippen LogP contribution in [0.5, 0.6) is 5.75 Å². The molecule has 2 saturated heterocycles. The molecule has 0 atom stereocenters. The molecule has 15 heteroatoms. The number of aromatic nitrogens is 5. The fraction of sp³-hybridized carbons (Fsp3) is 0.447. The molecule has 6 heterocycles. The molecule has 3 fully saturated rings. The van der Waals surface area contributed by atoms with E-state index in [9.17, 15) is 14.9 Å². The van der Waals surface area contributed by atoms with E-state index in [0.717, 1.165) is 124 Å². The fourth-order valence-electron chi connectivity index (χ4n) is 9.78. The first-order chi connectivity index (χ1) is 30.2. The van der Waals surface area contributed by atoms with Crippen molar-refractivity contribution in [2.45, 2.75) is 89.4 Å². The van der Waals surface area contributed by atoms with Crippen LogP contribution in [0, 0.1) is 28.6 Å². The van der Waals surface area contributed by atoms with Gasteiger partial charge in [0.2, 0.25) is 5.91 Å². The lowest BCUT2D eigenvalue weighted by Gasteiger charge is -2.38. The topological polar surface area (TPSA) is 169 Å². The number of nitriles is 2. The molecular weight excluding hydrogens is 802 g/mol. The quantitative estimate of drug-likeness (QED) is 0.164. The third kappa shape index (κ3) is 8.81. The summed E-state index contributed by atoms with van der Waals surface area (Å²) in [6, 6.07) is 21.3. The number of hydrogen-bond donors (Lipinski definition) is 1. The van der Waals surface area contributed by atoms with E-state index in [1.165, 1.54) is 5.69 Å². The molecule has 2 aromatic carbocycles. The molecule has 0 radical (unpaired) electrons. The van der Waals surface area contributed by atoms with Crippen LogP contribution in [-0.2, 0) is 17.8 Å². The minimum absolute atomic E-state index is 0.0289. The average molecular weight is 852 g/mol. The Hall–Kier alpha value is -6.09. The van der Waals surface area contributed by atoms with Crippen LogP contribution < -0.4 is 15.0 Å². The van der Waals surface area contributed by atoms with Gasteiger partial charge in [0.1, 0.15) is 23.6 Å². The van der Waals surface area contributed by atoms with Gasteiger partial charge in [0, 0.05) is 99.7 Å². The Morgan fingerprint density at radius 2 is 1.71 bits per heavy atom. The highest BCUT2D eigenvalue weighted by Crippen LogP contribution is 2.38. The highest BCUT2D eigenvalue weighted by Gasteiger charge is 2.33. The van der Waals surface area contributed by atoms with Crippen LogP contribution in [0.4, 0.5) is 5.82 Å². The number of halogens is 1. The van der Waals surface area contributed by atoms with Crippen molar-refractivity contribution in [3.05, 3.63) is 94.0 Å². The maximum atomic E-state index is 13.1. The predicted octanol–water partition coefficient (Wildman–Crippen LogP) is 6.86. The number of amides is 2. The number of carbonyl (C=O) groups is 2. The van der Waals surface area contributed by atoms with E-state index in [0.29, 0.717) is 46.7 Å². The van der Waals surface area contributed by atoms with Crippen molar-refractivity contribution in [3.8, 4) is 29.1 Å². The van der Waals surface area contributed by atoms with Crippen LogP contribution in [0.3, 0.4) is 0 Å². The van der Waals surface area contributed by atoms with Crippen LogP contribution in [0.25, 0.3) is 22.0 Å². The number of likely N-dealkylation sites (tertiary alicyclic amines) is 1. The monoisotopic (exact) mass is 851 g/mol. The van der Waals surface area contributed by atoms with Gasteiger partial charge in [-0.2, -0.15) is 15.6 Å². The Labute approximate surface area is 366 Å². The summed E-state index contributed by atoms with van der Waals surface area (Å²) in [5.74, 6) is 1.93. The molecule has 4 aliphatic rings. The number of anilines is 1. The molecule has 1 aliphatic carbocycles. The third-order valence-electron chi connectivity index (χ3n) is 13.3. The summed E-state index contributed by atoms with van der Waals surface area (Å²) < 4.78 is 8.38. The zero-order valence-corrected chi connectivity index (χ0v) is 35.7. The van der Waals surface area contributed by atoms with Crippen LogP contribution >= 0.6 is 11.6 Å². The number of carbonyl (C=O) groups excluding carboxylic acids is 2. The SMILES string of the molecule is CC(=O)N1CCc2c(c(-c3cccc4cc(C#N)ncc34)nn2C2CCN(CC3CCN(c4ccc(C(=O)NC5CCC(Oc6ccc(C#N)c(Cl)c6)CC5)nn4)CC3)CC2)C1. The highest BCUT2D eigenvalue weighted by molar-refractivity contribution is 6.31. The van der Waals surface area contributed by atoms with Crippen molar-refractivity contribution in [1.29, 1.82) is 10.5 Å². The Morgan fingerprint density at radius 1 is 0.903 bits per heavy atom. The number of benzene rings is 2. The second kappa shape index (κ2) is 18.1. The molecule has 0 spiro atoms. The van der Waals surface area contributed by atoms with Gasteiger partial charge >= 0.3 is 0 Å². The summed E-state index contributed by atoms with van der Waals surface area (Å²) in [6.07, 6.45) is 9.97. The third-order valence-corrected chi connectivity index (χ3v) is 13.6. The first-order valence-corrected chi connectivity index (χ1v) is 22.2. The van der Waals surface area contributed by atoms with Gasteiger partial charge in [-0.3, -0.25) is 14.3 Å². The summed E-state index contributed by atoms with van der Waals surface area (Å²) >= 11 is 6.17. The van der Waals surface area contributed by atoms with Crippen molar-refractivity contribution in [3.63, 3.8) is 0 Å². The maximum absolute atomic E-state index is 13.1. The van der Waals surface area contributed by atoms with E-state index in [2.05, 4.69) is 53.2 Å². The number of piperidine rings is 2. The van der Waals surface area contributed by atoms with Gasteiger partial charge in [-0.05, 0) is 93.0 Å². The number of fused-ring (bicyclic) bond motifs is 2. The predicted molar refractivity (Wildman–Crippen MR) is 234 cm³/mol. The zero-order chi connectivity index (χ0) is 42.7. The molecule has 14 nitrogen and oxygen atoms in total. The molecule has 1 N–H and O–H groups in total. The number of hydrogen-bond acceptors (Lipinski definition) is 11. The normalized spacial score (nSPS) is 20.0. The molecule has 0 bridgehead atoms. The van der Waals surface area contributed by atoms with Crippen LogP contribution in [0.2, 0.25) is 5.02 Å². The Morgan fingerprint density at radius 3 is 2.42 bits per heavy atom. The second-order valence-electron chi connectivity index (χ2n) is 17.2. The lowest BCUT2D eigenvalue weighted by molar-refractivity contribution is -0.129.